The van der Waals surface area contributed by atoms with Crippen LogP contribution in [0.2, 0.25) is 0 Å². The molecule has 1 heterocycles. The number of rotatable bonds is 3. The van der Waals surface area contributed by atoms with Gasteiger partial charge in [-0.25, -0.2) is 0 Å². The number of ether oxygens (including phenoxy) is 3. The van der Waals surface area contributed by atoms with Gasteiger partial charge in [0.2, 0.25) is 0 Å². The van der Waals surface area contributed by atoms with E-state index < -0.39 is 0 Å². The largest absolute Gasteiger partial charge is 0.377 e. The van der Waals surface area contributed by atoms with E-state index in [1.54, 1.807) is 21.3 Å². The summed E-state index contributed by atoms with van der Waals surface area (Å²) in [5, 5.41) is 0. The second-order valence-electron chi connectivity index (χ2n) is 3.82. The summed E-state index contributed by atoms with van der Waals surface area (Å²) in [6.45, 7) is 1.76. The van der Waals surface area contributed by atoms with Crippen LogP contribution < -0.4 is 0 Å². The zero-order chi connectivity index (χ0) is 11.3. The van der Waals surface area contributed by atoms with Crippen LogP contribution in [0.3, 0.4) is 0 Å². The molecule has 0 aromatic heterocycles. The van der Waals surface area contributed by atoms with Crippen molar-refractivity contribution in [3.63, 3.8) is 0 Å². The summed E-state index contributed by atoms with van der Waals surface area (Å²) in [7, 11) is 7.16. The SMILES string of the molecule is CO[C@@H]1[C@@H](OC)CN(C)C/C=C\[C@H]1OC. The summed E-state index contributed by atoms with van der Waals surface area (Å²) in [6, 6.07) is 0. The van der Waals surface area contributed by atoms with E-state index in [-0.39, 0.29) is 18.3 Å². The molecular formula is C11H21NO3. The topological polar surface area (TPSA) is 30.9 Å². The van der Waals surface area contributed by atoms with Crippen LogP contribution in [-0.4, -0.2) is 64.7 Å². The van der Waals surface area contributed by atoms with Gasteiger partial charge in [-0.1, -0.05) is 12.2 Å². The van der Waals surface area contributed by atoms with Gasteiger partial charge >= 0.3 is 0 Å². The standard InChI is InChI=1S/C11H21NO3/c1-12-7-5-6-9(13-2)11(15-4)10(8-12)14-3/h5-6,9-11H,7-8H2,1-4H3/b6-5-/t9-,10+,11+/m1/s1. The van der Waals surface area contributed by atoms with Crippen molar-refractivity contribution in [1.29, 1.82) is 0 Å². The molecule has 1 rings (SSSR count). The molecule has 0 N–H and O–H groups in total. The van der Waals surface area contributed by atoms with Crippen molar-refractivity contribution in [3.8, 4) is 0 Å². The minimum atomic E-state index is -0.0565. The molecule has 0 aromatic carbocycles. The number of nitrogens with zero attached hydrogens (tertiary/aromatic N) is 1. The molecule has 4 heteroatoms. The van der Waals surface area contributed by atoms with Gasteiger partial charge in [0.1, 0.15) is 12.2 Å². The van der Waals surface area contributed by atoms with Crippen molar-refractivity contribution in [3.05, 3.63) is 12.2 Å². The molecule has 0 spiro atoms. The summed E-state index contributed by atoms with van der Waals surface area (Å²) in [5.41, 5.74) is 0. The van der Waals surface area contributed by atoms with Gasteiger partial charge in [-0.3, -0.25) is 0 Å². The average Bonchev–Trinajstić information content (AvgIpc) is 2.23. The minimum absolute atomic E-state index is 0.0337. The quantitative estimate of drug-likeness (QED) is 0.643. The predicted molar refractivity (Wildman–Crippen MR) is 59.0 cm³/mol. The molecule has 88 valence electrons. The Morgan fingerprint density at radius 2 is 1.87 bits per heavy atom. The second-order valence-corrected chi connectivity index (χ2v) is 3.82. The van der Waals surface area contributed by atoms with Crippen molar-refractivity contribution in [2.45, 2.75) is 18.3 Å². The molecule has 4 nitrogen and oxygen atoms in total. The molecule has 0 fully saturated rings. The summed E-state index contributed by atoms with van der Waals surface area (Å²) in [5.74, 6) is 0. The van der Waals surface area contributed by atoms with Crippen molar-refractivity contribution in [2.24, 2.45) is 0 Å². The summed E-state index contributed by atoms with van der Waals surface area (Å²) >= 11 is 0. The smallest absolute Gasteiger partial charge is 0.114 e. The Kier molecular flexibility index (Phi) is 5.25. The lowest BCUT2D eigenvalue weighted by Crippen LogP contribution is -2.47. The average molecular weight is 215 g/mol. The lowest BCUT2D eigenvalue weighted by Gasteiger charge is -2.33. The maximum Gasteiger partial charge on any atom is 0.114 e. The summed E-state index contributed by atoms with van der Waals surface area (Å²) in [4.78, 5) is 2.20. The molecule has 0 aliphatic carbocycles. The van der Waals surface area contributed by atoms with E-state index in [2.05, 4.69) is 18.0 Å². The molecule has 3 atom stereocenters. The highest BCUT2D eigenvalue weighted by Crippen LogP contribution is 2.15. The van der Waals surface area contributed by atoms with Gasteiger partial charge in [0.25, 0.3) is 0 Å². The maximum absolute atomic E-state index is 5.45. The van der Waals surface area contributed by atoms with E-state index in [1.807, 2.05) is 6.08 Å². The van der Waals surface area contributed by atoms with Gasteiger partial charge in [0, 0.05) is 34.4 Å². The van der Waals surface area contributed by atoms with Crippen LogP contribution in [0.1, 0.15) is 0 Å². The normalized spacial score (nSPS) is 35.9. The van der Waals surface area contributed by atoms with Crippen LogP contribution in [0, 0.1) is 0 Å². The van der Waals surface area contributed by atoms with Gasteiger partial charge in [-0.05, 0) is 7.05 Å². The van der Waals surface area contributed by atoms with E-state index in [9.17, 15) is 0 Å². The Labute approximate surface area is 91.8 Å². The van der Waals surface area contributed by atoms with E-state index in [1.165, 1.54) is 0 Å². The van der Waals surface area contributed by atoms with Crippen molar-refractivity contribution < 1.29 is 14.2 Å². The first kappa shape index (κ1) is 12.6. The molecule has 1 aliphatic heterocycles. The Bertz CT molecular complexity index is 208. The lowest BCUT2D eigenvalue weighted by molar-refractivity contribution is -0.0995. The summed E-state index contributed by atoms with van der Waals surface area (Å²) < 4.78 is 16.3. The van der Waals surface area contributed by atoms with Crippen LogP contribution in [-0.2, 0) is 14.2 Å². The molecule has 0 amide bonds. The molecule has 0 unspecified atom stereocenters. The van der Waals surface area contributed by atoms with Crippen LogP contribution in [0.5, 0.6) is 0 Å². The van der Waals surface area contributed by atoms with Crippen LogP contribution >= 0.6 is 0 Å². The van der Waals surface area contributed by atoms with Gasteiger partial charge in [-0.2, -0.15) is 0 Å². The van der Waals surface area contributed by atoms with Crippen LogP contribution in [0.4, 0.5) is 0 Å². The fourth-order valence-corrected chi connectivity index (χ4v) is 1.89. The number of hydrogen-bond donors (Lipinski definition) is 0. The first-order valence-electron chi connectivity index (χ1n) is 5.16. The molecule has 0 aromatic rings. The molecular weight excluding hydrogens is 194 g/mol. The third-order valence-electron chi connectivity index (χ3n) is 2.77. The number of likely N-dealkylation sites (N-methyl/N-ethyl adjacent to an activating group) is 1. The fourth-order valence-electron chi connectivity index (χ4n) is 1.89. The third kappa shape index (κ3) is 3.28. The van der Waals surface area contributed by atoms with Gasteiger partial charge < -0.3 is 19.1 Å². The molecule has 0 saturated carbocycles. The summed E-state index contributed by atoms with van der Waals surface area (Å²) in [6.07, 6.45) is 4.09. The molecule has 0 radical (unpaired) electrons. The van der Waals surface area contributed by atoms with Gasteiger partial charge in [0.05, 0.1) is 6.10 Å². The van der Waals surface area contributed by atoms with Crippen molar-refractivity contribution in [2.75, 3.05) is 41.5 Å². The molecule has 0 saturated heterocycles. The Morgan fingerprint density at radius 1 is 1.13 bits per heavy atom. The zero-order valence-electron chi connectivity index (χ0n) is 9.97. The van der Waals surface area contributed by atoms with Crippen LogP contribution in [0.25, 0.3) is 0 Å². The highest BCUT2D eigenvalue weighted by atomic mass is 16.6. The van der Waals surface area contributed by atoms with E-state index in [0.717, 1.165) is 13.1 Å². The first-order chi connectivity index (χ1) is 7.22. The fraction of sp³-hybridized carbons (Fsp3) is 0.818. The Balaban J connectivity index is 2.79. The van der Waals surface area contributed by atoms with E-state index in [4.69, 9.17) is 14.2 Å². The van der Waals surface area contributed by atoms with Gasteiger partial charge in [0.15, 0.2) is 0 Å². The van der Waals surface area contributed by atoms with E-state index >= 15 is 0 Å². The highest BCUT2D eigenvalue weighted by molar-refractivity contribution is 5.00. The van der Waals surface area contributed by atoms with E-state index in [0.29, 0.717) is 0 Å². The molecule has 0 bridgehead atoms. The van der Waals surface area contributed by atoms with Crippen LogP contribution in [0.15, 0.2) is 12.2 Å². The molecule has 1 aliphatic rings. The maximum atomic E-state index is 5.45. The monoisotopic (exact) mass is 215 g/mol. The van der Waals surface area contributed by atoms with Crippen molar-refractivity contribution in [1.82, 2.24) is 4.90 Å². The molecule has 15 heavy (non-hydrogen) atoms. The minimum Gasteiger partial charge on any atom is -0.377 e. The number of methoxy groups -OCH3 is 3. The lowest BCUT2D eigenvalue weighted by atomic mass is 10.0. The Morgan fingerprint density at radius 3 is 2.40 bits per heavy atom. The first-order valence-corrected chi connectivity index (χ1v) is 5.16. The zero-order valence-corrected chi connectivity index (χ0v) is 9.97. The third-order valence-corrected chi connectivity index (χ3v) is 2.77. The second kappa shape index (κ2) is 6.23. The Hall–Kier alpha value is -0.420. The predicted octanol–water partition coefficient (Wildman–Crippen LogP) is 0.533. The number of hydrogen-bond acceptors (Lipinski definition) is 4. The van der Waals surface area contributed by atoms with Gasteiger partial charge in [-0.15, -0.1) is 0 Å². The highest BCUT2D eigenvalue weighted by Gasteiger charge is 2.30. The van der Waals surface area contributed by atoms with Crippen molar-refractivity contribution >= 4 is 0 Å².